The molecule has 0 unspecified atom stereocenters. The second-order valence-corrected chi connectivity index (χ2v) is 11.3. The van der Waals surface area contributed by atoms with Crippen molar-refractivity contribution in [3.05, 3.63) is 148 Å². The molecule has 0 amide bonds. The molecule has 212 valence electrons. The van der Waals surface area contributed by atoms with Crippen LogP contribution in [-0.4, -0.2) is 6.47 Å². The fourth-order valence-corrected chi connectivity index (χ4v) is 5.65. The molecular weight excluding hydrogens is 707 g/mol. The summed E-state index contributed by atoms with van der Waals surface area (Å²) in [6, 6.07) is 46.0. The van der Waals surface area contributed by atoms with Crippen molar-refractivity contribution in [3.63, 3.8) is 0 Å². The molecule has 0 N–H and O–H groups in total. The van der Waals surface area contributed by atoms with Gasteiger partial charge in [0, 0.05) is 10.8 Å². The Hall–Kier alpha value is -3.01. The number of benzene rings is 6. The molecule has 0 aliphatic heterocycles. The van der Waals surface area contributed by atoms with Crippen molar-refractivity contribution in [3.8, 4) is 39.5 Å². The number of ether oxygens (including phenoxy) is 2. The topological polar surface area (TPSA) is 48.7 Å². The fraction of sp³-hybridized carbons (Fsp3) is 0. The molecule has 0 fully saturated rings. The Morgan fingerprint density at radius 2 is 1.18 bits per heavy atom. The molecule has 0 atom stereocenters. The number of carbonyl (C=O) groups excluding carboxylic acids is 1. The van der Waals surface area contributed by atoms with Crippen LogP contribution in [0.1, 0.15) is 1.43 Å². The van der Waals surface area contributed by atoms with Gasteiger partial charge in [0.15, 0.2) is 11.5 Å². The molecule has 7 rings (SSSR count). The molecule has 1 aromatic heterocycles. The molecule has 0 aliphatic carbocycles. The summed E-state index contributed by atoms with van der Waals surface area (Å²) in [6.07, 6.45) is 0. The Kier molecular flexibility index (Phi) is 11.3. The van der Waals surface area contributed by atoms with E-state index in [2.05, 4.69) is 86.5 Å². The largest absolute Gasteiger partial charge is 1.00 e. The van der Waals surface area contributed by atoms with Crippen molar-refractivity contribution in [2.24, 2.45) is 0 Å². The molecule has 44 heavy (non-hydrogen) atoms. The van der Waals surface area contributed by atoms with E-state index >= 15 is 0 Å². The third-order valence-corrected chi connectivity index (χ3v) is 8.09. The quantitative estimate of drug-likeness (QED) is 0.127. The van der Waals surface area contributed by atoms with E-state index in [1.165, 1.54) is 11.1 Å². The summed E-state index contributed by atoms with van der Waals surface area (Å²) < 4.78 is 18.4. The molecule has 1 heterocycles. The monoisotopic (exact) mass is 730 g/mol. The number of hydrogen-bond donors (Lipinski definition) is 0. The van der Waals surface area contributed by atoms with Gasteiger partial charge < -0.3 is 15.3 Å². The molecule has 0 radical (unpaired) electrons. The van der Waals surface area contributed by atoms with Crippen LogP contribution in [0.5, 0.6) is 17.2 Å². The molecule has 4 nitrogen and oxygen atoms in total. The molecular formula is C37H25Br2KO4. The first kappa shape index (κ1) is 32.4. The first-order valence-electron chi connectivity index (χ1n) is 13.5. The van der Waals surface area contributed by atoms with Crippen molar-refractivity contribution in [1.29, 1.82) is 0 Å². The summed E-state index contributed by atoms with van der Waals surface area (Å²) in [6.45, 7) is 0.382. The van der Waals surface area contributed by atoms with Gasteiger partial charge in [-0.2, -0.15) is 0 Å². The minimum Gasteiger partial charge on any atom is -1.00 e. The van der Waals surface area contributed by atoms with Crippen LogP contribution in [-0.2, 0) is 4.79 Å². The molecule has 0 aliphatic rings. The van der Waals surface area contributed by atoms with Gasteiger partial charge in [-0.05, 0) is 96.6 Å². The number of halogens is 2. The average molecular weight is 733 g/mol. The molecule has 0 saturated heterocycles. The molecule has 0 saturated carbocycles. The summed E-state index contributed by atoms with van der Waals surface area (Å²) in [5.74, 6) is 1.49. The van der Waals surface area contributed by atoms with Crippen LogP contribution < -0.4 is 60.9 Å². The number of furan rings is 1. The van der Waals surface area contributed by atoms with E-state index in [4.69, 9.17) is 13.9 Å². The van der Waals surface area contributed by atoms with Crippen LogP contribution in [0, 0.1) is 0 Å². The Morgan fingerprint density at radius 3 is 1.86 bits per heavy atom. The number of para-hydroxylation sites is 2. The van der Waals surface area contributed by atoms with Gasteiger partial charge in [0.25, 0.3) is 6.47 Å². The van der Waals surface area contributed by atoms with Crippen molar-refractivity contribution in [1.82, 2.24) is 0 Å². The number of rotatable bonds is 6. The van der Waals surface area contributed by atoms with E-state index in [0.717, 1.165) is 37.5 Å². The van der Waals surface area contributed by atoms with Gasteiger partial charge >= 0.3 is 51.4 Å². The van der Waals surface area contributed by atoms with E-state index in [0.29, 0.717) is 28.2 Å². The van der Waals surface area contributed by atoms with E-state index < -0.39 is 0 Å². The van der Waals surface area contributed by atoms with Crippen molar-refractivity contribution in [2.45, 2.75) is 0 Å². The number of carbonyl (C=O) groups is 1. The minimum absolute atomic E-state index is 0. The van der Waals surface area contributed by atoms with E-state index in [-0.39, 0.29) is 52.8 Å². The fourth-order valence-electron chi connectivity index (χ4n) is 4.77. The third kappa shape index (κ3) is 7.43. The van der Waals surface area contributed by atoms with Gasteiger partial charge in [-0.3, -0.25) is 4.79 Å². The first-order valence-corrected chi connectivity index (χ1v) is 15.1. The standard InChI is InChI=1S/C19H13BrO3.C18H11BrO.K.H/c20-17-7-4-8-18(22-13-21)19(17)23-16-11-9-15(10-12-16)14-5-2-1-3-6-14;19-16-8-4-7-14-15-11-13(12-5-2-1-3-6-12)9-10-17(15)20-18(14)16;;/h1-13H;1-11H;;/q;;+1;-1. The van der Waals surface area contributed by atoms with Crippen LogP contribution in [0.3, 0.4) is 0 Å². The van der Waals surface area contributed by atoms with E-state index in [1.807, 2.05) is 72.8 Å². The maximum Gasteiger partial charge on any atom is 1.00 e. The van der Waals surface area contributed by atoms with Gasteiger partial charge in [-0.1, -0.05) is 97.1 Å². The zero-order chi connectivity index (χ0) is 29.6. The first-order chi connectivity index (χ1) is 21.1. The second kappa shape index (κ2) is 15.3. The smallest absolute Gasteiger partial charge is 1.00 e. The van der Waals surface area contributed by atoms with Crippen LogP contribution >= 0.6 is 31.9 Å². The predicted molar refractivity (Wildman–Crippen MR) is 181 cm³/mol. The number of fused-ring (bicyclic) bond motifs is 3. The van der Waals surface area contributed by atoms with Gasteiger partial charge in [0.05, 0.1) is 8.95 Å². The Morgan fingerprint density at radius 1 is 0.591 bits per heavy atom. The molecule has 0 spiro atoms. The zero-order valence-corrected chi connectivity index (χ0v) is 30.0. The van der Waals surface area contributed by atoms with Crippen molar-refractivity contribution >= 4 is 60.3 Å². The van der Waals surface area contributed by atoms with Gasteiger partial charge in [0.1, 0.15) is 16.9 Å². The predicted octanol–water partition coefficient (Wildman–Crippen LogP) is 8.58. The van der Waals surface area contributed by atoms with E-state index in [9.17, 15) is 4.79 Å². The zero-order valence-electron chi connectivity index (χ0n) is 24.7. The summed E-state index contributed by atoms with van der Waals surface area (Å²) in [4.78, 5) is 10.6. The molecule has 7 aromatic rings. The Labute approximate surface area is 316 Å². The third-order valence-electron chi connectivity index (χ3n) is 6.84. The van der Waals surface area contributed by atoms with Gasteiger partial charge in [-0.25, -0.2) is 0 Å². The normalized spacial score (nSPS) is 10.4. The summed E-state index contributed by atoms with van der Waals surface area (Å²) in [5.41, 5.74) is 6.51. The van der Waals surface area contributed by atoms with E-state index in [1.54, 1.807) is 12.1 Å². The van der Waals surface area contributed by atoms with Gasteiger partial charge in [0.2, 0.25) is 0 Å². The SMILES string of the molecule is Brc1cccc2c1oc1ccc(-c3ccccc3)cc12.O=COc1cccc(Br)c1Oc1ccc(-c2ccccc2)cc1.[H-].[K+]. The maximum absolute atomic E-state index is 10.6. The molecule has 6 aromatic carbocycles. The van der Waals surface area contributed by atoms with Gasteiger partial charge in [-0.15, -0.1) is 0 Å². The van der Waals surface area contributed by atoms with Crippen LogP contribution in [0.2, 0.25) is 0 Å². The van der Waals surface area contributed by atoms with Crippen LogP contribution in [0.4, 0.5) is 0 Å². The Balaban J connectivity index is 0.000000197. The second-order valence-electron chi connectivity index (χ2n) is 9.57. The maximum atomic E-state index is 10.6. The number of hydrogen-bond acceptors (Lipinski definition) is 4. The average Bonchev–Trinajstić information content (AvgIpc) is 3.44. The minimum atomic E-state index is 0. The summed E-state index contributed by atoms with van der Waals surface area (Å²) in [7, 11) is 0. The van der Waals surface area contributed by atoms with Crippen molar-refractivity contribution < 1.29 is 71.5 Å². The molecule has 0 bridgehead atoms. The molecule has 7 heteroatoms. The van der Waals surface area contributed by atoms with Crippen LogP contribution in [0.25, 0.3) is 44.2 Å². The summed E-state index contributed by atoms with van der Waals surface area (Å²) in [5, 5.41) is 2.30. The van der Waals surface area contributed by atoms with Crippen LogP contribution in [0.15, 0.2) is 153 Å². The van der Waals surface area contributed by atoms with Crippen molar-refractivity contribution in [2.75, 3.05) is 0 Å². The Bertz CT molecular complexity index is 2010. The summed E-state index contributed by atoms with van der Waals surface area (Å²) >= 11 is 6.95.